The first-order valence-electron chi connectivity index (χ1n) is 7.41. The van der Waals surface area contributed by atoms with E-state index in [4.69, 9.17) is 4.74 Å². The summed E-state index contributed by atoms with van der Waals surface area (Å²) in [7, 11) is 2.12. The Balaban J connectivity index is 1.57. The lowest BCUT2D eigenvalue weighted by Gasteiger charge is -2.41. The summed E-state index contributed by atoms with van der Waals surface area (Å²) in [5.74, 6) is 0. The Morgan fingerprint density at radius 1 is 1.12 bits per heavy atom. The molecule has 0 saturated carbocycles. The maximum Gasteiger partial charge on any atom is 0.0702 e. The zero-order valence-corrected chi connectivity index (χ0v) is 11.0. The average Bonchev–Trinajstić information content (AvgIpc) is 2.63. The Hall–Kier alpha value is -0.120. The quantitative estimate of drug-likeness (QED) is 0.811. The topological polar surface area (TPSA) is 24.5 Å². The van der Waals surface area contributed by atoms with Crippen molar-refractivity contribution in [2.75, 3.05) is 20.2 Å². The second-order valence-electron chi connectivity index (χ2n) is 6.03. The van der Waals surface area contributed by atoms with Gasteiger partial charge in [-0.1, -0.05) is 0 Å². The number of nitrogens with zero attached hydrogens (tertiary/aromatic N) is 1. The van der Waals surface area contributed by atoms with Crippen LogP contribution in [0.25, 0.3) is 0 Å². The second-order valence-corrected chi connectivity index (χ2v) is 6.03. The van der Waals surface area contributed by atoms with Gasteiger partial charge in [-0.25, -0.2) is 0 Å². The number of hydrogen-bond acceptors (Lipinski definition) is 3. The van der Waals surface area contributed by atoms with E-state index in [1.807, 2.05) is 0 Å². The highest BCUT2D eigenvalue weighted by molar-refractivity contribution is 4.97. The predicted octanol–water partition coefficient (Wildman–Crippen LogP) is 1.77. The van der Waals surface area contributed by atoms with E-state index in [0.717, 1.165) is 24.7 Å². The van der Waals surface area contributed by atoms with Gasteiger partial charge in [0, 0.05) is 31.3 Å². The van der Waals surface area contributed by atoms with Crippen molar-refractivity contribution < 1.29 is 4.74 Å². The summed E-state index contributed by atoms with van der Waals surface area (Å²) in [6.45, 7) is 2.19. The normalized spacial score (nSPS) is 42.9. The van der Waals surface area contributed by atoms with Crippen LogP contribution in [-0.2, 0) is 4.74 Å². The molecule has 2 bridgehead atoms. The van der Waals surface area contributed by atoms with E-state index in [1.54, 1.807) is 0 Å². The molecule has 0 aromatic heterocycles. The first kappa shape index (κ1) is 11.9. The van der Waals surface area contributed by atoms with Gasteiger partial charge in [0.2, 0.25) is 0 Å². The molecule has 0 radical (unpaired) electrons. The van der Waals surface area contributed by atoms with E-state index in [-0.39, 0.29) is 0 Å². The molecule has 3 saturated heterocycles. The Bertz CT molecular complexity index is 239. The first-order chi connectivity index (χ1) is 8.36. The van der Waals surface area contributed by atoms with Crippen LogP contribution in [0, 0.1) is 0 Å². The molecule has 3 atom stereocenters. The fourth-order valence-corrected chi connectivity index (χ4v) is 3.99. The summed E-state index contributed by atoms with van der Waals surface area (Å²) in [4.78, 5) is 2.77. The third-order valence-electron chi connectivity index (χ3n) is 4.98. The highest BCUT2D eigenvalue weighted by atomic mass is 16.5. The molecule has 3 heteroatoms. The van der Waals surface area contributed by atoms with Gasteiger partial charge in [0.1, 0.15) is 0 Å². The molecule has 1 N–H and O–H groups in total. The molecule has 3 nitrogen and oxygen atoms in total. The third kappa shape index (κ3) is 2.51. The fraction of sp³-hybridized carbons (Fsp3) is 1.00. The fourth-order valence-electron chi connectivity index (χ4n) is 3.99. The van der Waals surface area contributed by atoms with Crippen LogP contribution in [0.4, 0.5) is 0 Å². The van der Waals surface area contributed by atoms with Crippen LogP contribution in [0.2, 0.25) is 0 Å². The monoisotopic (exact) mass is 238 g/mol. The maximum absolute atomic E-state index is 5.90. The average molecular weight is 238 g/mol. The van der Waals surface area contributed by atoms with Crippen molar-refractivity contribution >= 4 is 0 Å². The van der Waals surface area contributed by atoms with Crippen molar-refractivity contribution in [3.8, 4) is 0 Å². The minimum atomic E-state index is 0.526. The Morgan fingerprint density at radius 2 is 1.88 bits per heavy atom. The number of piperidine rings is 1. The van der Waals surface area contributed by atoms with Crippen LogP contribution in [0.3, 0.4) is 0 Å². The highest BCUT2D eigenvalue weighted by Crippen LogP contribution is 2.36. The maximum atomic E-state index is 5.90. The lowest BCUT2D eigenvalue weighted by molar-refractivity contribution is -0.0239. The van der Waals surface area contributed by atoms with Crippen LogP contribution in [-0.4, -0.2) is 49.3 Å². The van der Waals surface area contributed by atoms with Crippen LogP contribution in [0.5, 0.6) is 0 Å². The molecule has 3 unspecified atom stereocenters. The van der Waals surface area contributed by atoms with Gasteiger partial charge in [-0.05, 0) is 52.0 Å². The van der Waals surface area contributed by atoms with Gasteiger partial charge in [-0.3, -0.25) is 4.90 Å². The lowest BCUT2D eigenvalue weighted by atomic mass is 9.96. The summed E-state index contributed by atoms with van der Waals surface area (Å²) in [6.07, 6.45) is 9.96. The molecule has 0 spiro atoms. The summed E-state index contributed by atoms with van der Waals surface area (Å²) in [5, 5.41) is 3.47. The van der Waals surface area contributed by atoms with Crippen molar-refractivity contribution in [1.29, 1.82) is 0 Å². The SMILES string of the molecule is CNC1CC2CCC(C1)N2CC1CCCCO1. The standard InChI is InChI=1S/C14H26N2O/c1-15-11-8-12-5-6-13(9-11)16(12)10-14-4-2-3-7-17-14/h11-15H,2-10H2,1H3. The van der Waals surface area contributed by atoms with Crippen LogP contribution < -0.4 is 5.32 Å². The van der Waals surface area contributed by atoms with E-state index in [0.29, 0.717) is 6.10 Å². The lowest BCUT2D eigenvalue weighted by Crippen LogP contribution is -2.51. The van der Waals surface area contributed by atoms with Crippen LogP contribution in [0.15, 0.2) is 0 Å². The molecule has 98 valence electrons. The van der Waals surface area contributed by atoms with E-state index in [1.165, 1.54) is 51.5 Å². The summed E-state index contributed by atoms with van der Waals surface area (Å²) in [6, 6.07) is 2.42. The summed E-state index contributed by atoms with van der Waals surface area (Å²) >= 11 is 0. The number of hydrogen-bond donors (Lipinski definition) is 1. The zero-order chi connectivity index (χ0) is 11.7. The molecular weight excluding hydrogens is 212 g/mol. The van der Waals surface area contributed by atoms with Crippen LogP contribution >= 0.6 is 0 Å². The number of nitrogens with one attached hydrogen (secondary N) is 1. The van der Waals surface area contributed by atoms with E-state index >= 15 is 0 Å². The van der Waals surface area contributed by atoms with Crippen molar-refractivity contribution in [2.45, 2.75) is 69.2 Å². The molecule has 3 heterocycles. The molecule has 3 rings (SSSR count). The minimum absolute atomic E-state index is 0.526. The highest BCUT2D eigenvalue weighted by Gasteiger charge is 2.41. The van der Waals surface area contributed by atoms with Crippen molar-refractivity contribution in [1.82, 2.24) is 10.2 Å². The van der Waals surface area contributed by atoms with Crippen LogP contribution in [0.1, 0.15) is 44.9 Å². The molecule has 3 aliphatic rings. The molecule has 3 fully saturated rings. The number of fused-ring (bicyclic) bond motifs is 2. The minimum Gasteiger partial charge on any atom is -0.377 e. The molecule has 3 aliphatic heterocycles. The Labute approximate surface area is 105 Å². The van der Waals surface area contributed by atoms with Gasteiger partial charge in [0.15, 0.2) is 0 Å². The molecule has 0 amide bonds. The van der Waals surface area contributed by atoms with Gasteiger partial charge in [0.05, 0.1) is 6.10 Å². The molecule has 0 aromatic carbocycles. The predicted molar refractivity (Wildman–Crippen MR) is 69.2 cm³/mol. The smallest absolute Gasteiger partial charge is 0.0702 e. The van der Waals surface area contributed by atoms with Gasteiger partial charge in [0.25, 0.3) is 0 Å². The second kappa shape index (κ2) is 5.25. The molecule has 17 heavy (non-hydrogen) atoms. The van der Waals surface area contributed by atoms with E-state index < -0.39 is 0 Å². The van der Waals surface area contributed by atoms with Gasteiger partial charge < -0.3 is 10.1 Å². The molecule has 0 aromatic rings. The summed E-state index contributed by atoms with van der Waals surface area (Å²) < 4.78 is 5.90. The molecular formula is C14H26N2O. The first-order valence-corrected chi connectivity index (χ1v) is 7.41. The van der Waals surface area contributed by atoms with Crippen molar-refractivity contribution in [2.24, 2.45) is 0 Å². The third-order valence-corrected chi connectivity index (χ3v) is 4.98. The Morgan fingerprint density at radius 3 is 2.47 bits per heavy atom. The molecule has 0 aliphatic carbocycles. The van der Waals surface area contributed by atoms with Crippen molar-refractivity contribution in [3.63, 3.8) is 0 Å². The van der Waals surface area contributed by atoms with Gasteiger partial charge in [-0.2, -0.15) is 0 Å². The largest absolute Gasteiger partial charge is 0.377 e. The summed E-state index contributed by atoms with van der Waals surface area (Å²) in [5.41, 5.74) is 0. The van der Waals surface area contributed by atoms with Gasteiger partial charge >= 0.3 is 0 Å². The van der Waals surface area contributed by atoms with E-state index in [9.17, 15) is 0 Å². The zero-order valence-electron chi connectivity index (χ0n) is 11.0. The van der Waals surface area contributed by atoms with Gasteiger partial charge in [-0.15, -0.1) is 0 Å². The number of ether oxygens (including phenoxy) is 1. The Kier molecular flexibility index (Phi) is 3.69. The van der Waals surface area contributed by atoms with E-state index in [2.05, 4.69) is 17.3 Å². The van der Waals surface area contributed by atoms with Crippen molar-refractivity contribution in [3.05, 3.63) is 0 Å². The number of rotatable bonds is 3.